The second-order valence-electron chi connectivity index (χ2n) is 4.07. The van der Waals surface area contributed by atoms with Crippen LogP contribution in [0.15, 0.2) is 29.0 Å². The van der Waals surface area contributed by atoms with E-state index in [0.717, 1.165) is 16.2 Å². The highest BCUT2D eigenvalue weighted by molar-refractivity contribution is 7.12. The van der Waals surface area contributed by atoms with Crippen LogP contribution in [0.2, 0.25) is 0 Å². The molecule has 0 aliphatic rings. The molecule has 0 spiro atoms. The number of carboxylic acids is 1. The van der Waals surface area contributed by atoms with Gasteiger partial charge in [-0.15, -0.1) is 22.7 Å². The molecule has 7 heteroatoms. The second kappa shape index (κ2) is 6.53. The molecule has 20 heavy (non-hydrogen) atoms. The maximum Gasteiger partial charge on any atom is 0.346 e. The molecule has 2 heterocycles. The quantitative estimate of drug-likeness (QED) is 0.890. The van der Waals surface area contributed by atoms with Gasteiger partial charge >= 0.3 is 5.97 Å². The highest BCUT2D eigenvalue weighted by Gasteiger charge is 2.12. The lowest BCUT2D eigenvalue weighted by molar-refractivity contribution is -0.132. The van der Waals surface area contributed by atoms with Crippen molar-refractivity contribution in [3.05, 3.63) is 38.7 Å². The summed E-state index contributed by atoms with van der Waals surface area (Å²) in [6.45, 7) is 0.446. The Morgan fingerprint density at radius 1 is 1.40 bits per heavy atom. The zero-order valence-electron chi connectivity index (χ0n) is 10.7. The topological polar surface area (TPSA) is 66.8 Å². The van der Waals surface area contributed by atoms with Crippen molar-refractivity contribution in [2.45, 2.75) is 6.54 Å². The van der Waals surface area contributed by atoms with Gasteiger partial charge in [0.1, 0.15) is 10.6 Å². The minimum absolute atomic E-state index is 0.0995. The van der Waals surface area contributed by atoms with Crippen molar-refractivity contribution >= 4 is 34.6 Å². The first kappa shape index (κ1) is 14.5. The van der Waals surface area contributed by atoms with Crippen LogP contribution in [0.3, 0.4) is 0 Å². The van der Waals surface area contributed by atoms with Gasteiger partial charge in [-0.2, -0.15) is 0 Å². The molecule has 2 rings (SSSR count). The molecule has 5 nitrogen and oxygen atoms in total. The molecule has 1 amide bonds. The van der Waals surface area contributed by atoms with E-state index >= 15 is 0 Å². The van der Waals surface area contributed by atoms with Crippen LogP contribution in [-0.2, 0) is 11.3 Å². The number of rotatable bonds is 6. The standard InChI is InChI=1S/C13H13NO4S2/c1-14(6-10-3-2-4-19-10)12(15)7-18-9-5-11(13(16)17)20-8-9/h2-5,8H,6-7H2,1H3,(H,16,17). The number of amides is 1. The predicted octanol–water partition coefficient (Wildman–Crippen LogP) is 2.55. The Bertz CT molecular complexity index is 591. The normalized spacial score (nSPS) is 10.2. The van der Waals surface area contributed by atoms with Crippen molar-refractivity contribution in [1.82, 2.24) is 4.90 Å². The van der Waals surface area contributed by atoms with E-state index in [1.807, 2.05) is 17.5 Å². The molecule has 0 saturated heterocycles. The van der Waals surface area contributed by atoms with Gasteiger partial charge in [-0.1, -0.05) is 6.07 Å². The van der Waals surface area contributed by atoms with Gasteiger partial charge in [0.25, 0.3) is 5.91 Å². The number of likely N-dealkylation sites (N-methyl/N-ethyl adjacent to an activating group) is 1. The molecule has 0 unspecified atom stereocenters. The third kappa shape index (κ3) is 3.82. The number of aromatic carboxylic acids is 1. The molecule has 0 aromatic carbocycles. The molecule has 2 aromatic heterocycles. The number of nitrogens with zero attached hydrogens (tertiary/aromatic N) is 1. The lowest BCUT2D eigenvalue weighted by atomic mass is 10.4. The van der Waals surface area contributed by atoms with Crippen LogP contribution in [0.1, 0.15) is 14.5 Å². The summed E-state index contributed by atoms with van der Waals surface area (Å²) in [4.78, 5) is 25.5. The lowest BCUT2D eigenvalue weighted by Crippen LogP contribution is -2.30. The third-order valence-electron chi connectivity index (χ3n) is 2.55. The minimum atomic E-state index is -0.994. The van der Waals surface area contributed by atoms with Gasteiger partial charge in [-0.3, -0.25) is 4.79 Å². The van der Waals surface area contributed by atoms with Gasteiger partial charge in [-0.25, -0.2) is 4.79 Å². The molecular formula is C13H13NO4S2. The molecule has 0 aliphatic heterocycles. The number of carbonyl (C=O) groups is 2. The average molecular weight is 311 g/mol. The summed E-state index contributed by atoms with van der Waals surface area (Å²) in [6.07, 6.45) is 0. The van der Waals surface area contributed by atoms with Crippen molar-refractivity contribution < 1.29 is 19.4 Å². The molecule has 2 aromatic rings. The summed E-state index contributed by atoms with van der Waals surface area (Å²) in [5, 5.41) is 12.3. The van der Waals surface area contributed by atoms with E-state index in [-0.39, 0.29) is 17.4 Å². The largest absolute Gasteiger partial charge is 0.483 e. The molecule has 106 valence electrons. The summed E-state index contributed by atoms with van der Waals surface area (Å²) in [7, 11) is 1.71. The fraction of sp³-hybridized carbons (Fsp3) is 0.231. The maximum atomic E-state index is 11.9. The van der Waals surface area contributed by atoms with E-state index < -0.39 is 5.97 Å². The summed E-state index contributed by atoms with van der Waals surface area (Å²) in [5.74, 6) is -0.738. The maximum absolute atomic E-state index is 11.9. The van der Waals surface area contributed by atoms with Crippen molar-refractivity contribution in [2.24, 2.45) is 0 Å². The smallest absolute Gasteiger partial charge is 0.346 e. The third-order valence-corrected chi connectivity index (χ3v) is 4.31. The molecule has 0 saturated carbocycles. The fourth-order valence-electron chi connectivity index (χ4n) is 1.49. The Morgan fingerprint density at radius 2 is 2.20 bits per heavy atom. The Morgan fingerprint density at radius 3 is 2.80 bits per heavy atom. The summed E-state index contributed by atoms with van der Waals surface area (Å²) < 4.78 is 5.30. The van der Waals surface area contributed by atoms with Crippen LogP contribution in [-0.4, -0.2) is 35.5 Å². The van der Waals surface area contributed by atoms with Gasteiger partial charge in [0.05, 0.1) is 6.54 Å². The number of ether oxygens (including phenoxy) is 1. The Labute approximate surface area is 124 Å². The lowest BCUT2D eigenvalue weighted by Gasteiger charge is -2.16. The number of thiophene rings is 2. The molecule has 0 aliphatic carbocycles. The van der Waals surface area contributed by atoms with Gasteiger partial charge in [0, 0.05) is 23.4 Å². The fourth-order valence-corrected chi connectivity index (χ4v) is 2.91. The summed E-state index contributed by atoms with van der Waals surface area (Å²) in [5.41, 5.74) is 0. The first-order valence-electron chi connectivity index (χ1n) is 5.77. The number of hydrogen-bond donors (Lipinski definition) is 1. The number of carboxylic acid groups (broad SMARTS) is 1. The highest BCUT2D eigenvalue weighted by Crippen LogP contribution is 2.21. The average Bonchev–Trinajstić information content (AvgIpc) is 3.06. The van der Waals surface area contributed by atoms with Gasteiger partial charge in [-0.05, 0) is 11.4 Å². The van der Waals surface area contributed by atoms with Crippen molar-refractivity contribution in [3.63, 3.8) is 0 Å². The van der Waals surface area contributed by atoms with Crippen molar-refractivity contribution in [1.29, 1.82) is 0 Å². The molecule has 1 N–H and O–H groups in total. The molecular weight excluding hydrogens is 298 g/mol. The van der Waals surface area contributed by atoms with Crippen LogP contribution in [0.4, 0.5) is 0 Å². The zero-order chi connectivity index (χ0) is 14.5. The van der Waals surface area contributed by atoms with E-state index in [0.29, 0.717) is 12.3 Å². The summed E-state index contributed by atoms with van der Waals surface area (Å²) >= 11 is 2.67. The SMILES string of the molecule is CN(Cc1cccs1)C(=O)COc1csc(C(=O)O)c1. The van der Waals surface area contributed by atoms with Gasteiger partial charge in [0.2, 0.25) is 0 Å². The monoisotopic (exact) mass is 311 g/mol. The molecule has 0 atom stereocenters. The second-order valence-corrected chi connectivity index (χ2v) is 6.01. The van der Waals surface area contributed by atoms with Gasteiger partial charge in [0.15, 0.2) is 6.61 Å². The Balaban J connectivity index is 1.83. The molecule has 0 radical (unpaired) electrons. The van der Waals surface area contributed by atoms with Crippen LogP contribution in [0.5, 0.6) is 5.75 Å². The first-order chi connectivity index (χ1) is 9.56. The van der Waals surface area contributed by atoms with E-state index in [1.54, 1.807) is 28.7 Å². The number of carbonyl (C=O) groups excluding carboxylic acids is 1. The molecule has 0 bridgehead atoms. The summed E-state index contributed by atoms with van der Waals surface area (Å²) in [6, 6.07) is 5.32. The van der Waals surface area contributed by atoms with Crippen LogP contribution in [0, 0.1) is 0 Å². The van der Waals surface area contributed by atoms with E-state index in [4.69, 9.17) is 9.84 Å². The van der Waals surface area contributed by atoms with E-state index in [2.05, 4.69) is 0 Å². The molecule has 0 fully saturated rings. The Hall–Kier alpha value is -1.86. The van der Waals surface area contributed by atoms with Crippen molar-refractivity contribution in [3.8, 4) is 5.75 Å². The van der Waals surface area contributed by atoms with E-state index in [1.165, 1.54) is 6.07 Å². The Kier molecular flexibility index (Phi) is 4.75. The van der Waals surface area contributed by atoms with Crippen LogP contribution < -0.4 is 4.74 Å². The van der Waals surface area contributed by atoms with Crippen LogP contribution >= 0.6 is 22.7 Å². The van der Waals surface area contributed by atoms with Gasteiger partial charge < -0.3 is 14.7 Å². The van der Waals surface area contributed by atoms with Crippen molar-refractivity contribution in [2.75, 3.05) is 13.7 Å². The first-order valence-corrected chi connectivity index (χ1v) is 7.53. The minimum Gasteiger partial charge on any atom is -0.483 e. The zero-order valence-corrected chi connectivity index (χ0v) is 12.4. The predicted molar refractivity (Wildman–Crippen MR) is 77.6 cm³/mol. The van der Waals surface area contributed by atoms with E-state index in [9.17, 15) is 9.59 Å². The van der Waals surface area contributed by atoms with Crippen LogP contribution in [0.25, 0.3) is 0 Å². The highest BCUT2D eigenvalue weighted by atomic mass is 32.1. The number of hydrogen-bond acceptors (Lipinski definition) is 5.